The molecule has 0 atom stereocenters. The van der Waals surface area contributed by atoms with Crippen LogP contribution in [-0.2, 0) is 6.54 Å². The lowest BCUT2D eigenvalue weighted by molar-refractivity contribution is -0.386. The van der Waals surface area contributed by atoms with Gasteiger partial charge in [-0.1, -0.05) is 0 Å². The molecule has 3 aromatic heterocycles. The second-order valence-electron chi connectivity index (χ2n) is 4.56. The average molecular weight is 304 g/mol. The van der Waals surface area contributed by atoms with Crippen LogP contribution in [0.15, 0.2) is 28.2 Å². The quantitative estimate of drug-likeness (QED) is 0.545. The summed E-state index contributed by atoms with van der Waals surface area (Å²) < 4.78 is 6.90. The van der Waals surface area contributed by atoms with Crippen molar-refractivity contribution < 1.29 is 9.34 Å². The molecule has 0 aromatic carbocycles. The van der Waals surface area contributed by atoms with Crippen LogP contribution in [0.4, 0.5) is 5.69 Å². The Morgan fingerprint density at radius 2 is 2.29 bits per heavy atom. The zero-order valence-electron chi connectivity index (χ0n) is 11.4. The minimum atomic E-state index is -0.399. The van der Waals surface area contributed by atoms with Crippen LogP contribution in [0.1, 0.15) is 17.1 Å². The Bertz CT molecular complexity index is 789. The van der Waals surface area contributed by atoms with Crippen LogP contribution in [0.25, 0.3) is 10.8 Å². The molecule has 0 N–H and O–H groups in total. The molecule has 0 amide bonds. The summed E-state index contributed by atoms with van der Waals surface area (Å²) in [5.74, 6) is 0.714. The number of hydrogen-bond acceptors (Lipinski definition) is 6. The maximum Gasteiger partial charge on any atom is 0.312 e. The molecule has 0 aliphatic rings. The predicted molar refractivity (Wildman–Crippen MR) is 77.3 cm³/mol. The molecule has 0 unspecified atom stereocenters. The first-order chi connectivity index (χ1) is 10.1. The number of rotatable bonds is 4. The molecule has 3 aromatic rings. The number of hydrogen-bond donors (Lipinski definition) is 0. The van der Waals surface area contributed by atoms with Gasteiger partial charge in [-0.15, -0.1) is 11.3 Å². The summed E-state index contributed by atoms with van der Waals surface area (Å²) in [5.41, 5.74) is 1.81. The second kappa shape index (κ2) is 5.13. The number of aryl methyl sites for hydroxylation is 1. The van der Waals surface area contributed by atoms with Crippen molar-refractivity contribution in [2.24, 2.45) is 0 Å². The SMILES string of the molecule is Cc1nn(Cc2csc(-c3ccco3)n2)c(C)c1[N+](=O)[O-]. The number of nitrogens with zero attached hydrogens (tertiary/aromatic N) is 4. The van der Waals surface area contributed by atoms with E-state index in [0.29, 0.717) is 23.7 Å². The fraction of sp³-hybridized carbons (Fsp3) is 0.231. The van der Waals surface area contributed by atoms with Gasteiger partial charge in [0, 0.05) is 5.38 Å². The molecule has 8 heteroatoms. The lowest BCUT2D eigenvalue weighted by atomic mass is 10.3. The molecular weight excluding hydrogens is 292 g/mol. The average Bonchev–Trinajstić information content (AvgIpc) is 3.11. The zero-order chi connectivity index (χ0) is 15.0. The summed E-state index contributed by atoms with van der Waals surface area (Å²) in [6, 6.07) is 3.65. The van der Waals surface area contributed by atoms with Crippen LogP contribution in [0.5, 0.6) is 0 Å². The van der Waals surface area contributed by atoms with E-state index in [1.165, 1.54) is 11.3 Å². The van der Waals surface area contributed by atoms with Crippen LogP contribution in [0.2, 0.25) is 0 Å². The van der Waals surface area contributed by atoms with Gasteiger partial charge in [0.05, 0.1) is 23.4 Å². The van der Waals surface area contributed by atoms with Gasteiger partial charge >= 0.3 is 5.69 Å². The van der Waals surface area contributed by atoms with E-state index < -0.39 is 4.92 Å². The van der Waals surface area contributed by atoms with Gasteiger partial charge in [-0.05, 0) is 26.0 Å². The molecule has 7 nitrogen and oxygen atoms in total. The van der Waals surface area contributed by atoms with Gasteiger partial charge in [-0.2, -0.15) is 5.10 Å². The number of nitro groups is 1. The van der Waals surface area contributed by atoms with Gasteiger partial charge < -0.3 is 4.42 Å². The normalized spacial score (nSPS) is 11.0. The lowest BCUT2D eigenvalue weighted by Crippen LogP contribution is -2.04. The first-order valence-electron chi connectivity index (χ1n) is 6.23. The highest BCUT2D eigenvalue weighted by Gasteiger charge is 2.22. The monoisotopic (exact) mass is 304 g/mol. The third-order valence-electron chi connectivity index (χ3n) is 3.12. The van der Waals surface area contributed by atoms with Gasteiger partial charge in [0.2, 0.25) is 0 Å². The molecule has 0 radical (unpaired) electrons. The molecule has 0 aliphatic heterocycles. The van der Waals surface area contributed by atoms with E-state index in [2.05, 4.69) is 10.1 Å². The van der Waals surface area contributed by atoms with E-state index in [1.807, 2.05) is 11.4 Å². The highest BCUT2D eigenvalue weighted by Crippen LogP contribution is 2.26. The molecule has 0 fully saturated rings. The molecule has 108 valence electrons. The summed E-state index contributed by atoms with van der Waals surface area (Å²) in [7, 11) is 0. The summed E-state index contributed by atoms with van der Waals surface area (Å²) in [6.07, 6.45) is 1.60. The molecule has 0 bridgehead atoms. The first kappa shape index (κ1) is 13.5. The topological polar surface area (TPSA) is 87.0 Å². The number of thiazole rings is 1. The van der Waals surface area contributed by atoms with E-state index in [4.69, 9.17) is 4.42 Å². The standard InChI is InChI=1S/C13H12N4O3S/c1-8-12(17(18)19)9(2)16(15-8)6-10-7-21-13(14-10)11-4-3-5-20-11/h3-5,7H,6H2,1-2H3. The van der Waals surface area contributed by atoms with Gasteiger partial charge in [0.15, 0.2) is 10.8 Å². The Kier molecular flexibility index (Phi) is 3.30. The summed E-state index contributed by atoms with van der Waals surface area (Å²) in [5, 5.41) is 17.9. The Hall–Kier alpha value is -2.48. The lowest BCUT2D eigenvalue weighted by Gasteiger charge is -2.00. The number of aromatic nitrogens is 3. The van der Waals surface area contributed by atoms with Gasteiger partial charge in [-0.25, -0.2) is 4.98 Å². The van der Waals surface area contributed by atoms with Crippen LogP contribution < -0.4 is 0 Å². The van der Waals surface area contributed by atoms with Crippen LogP contribution >= 0.6 is 11.3 Å². The minimum absolute atomic E-state index is 0.0662. The van der Waals surface area contributed by atoms with Crippen LogP contribution in [0, 0.1) is 24.0 Å². The van der Waals surface area contributed by atoms with E-state index in [-0.39, 0.29) is 5.69 Å². The zero-order valence-corrected chi connectivity index (χ0v) is 12.3. The largest absolute Gasteiger partial charge is 0.462 e. The van der Waals surface area contributed by atoms with E-state index in [1.54, 1.807) is 30.9 Å². The Balaban J connectivity index is 1.88. The predicted octanol–water partition coefficient (Wildman–Crippen LogP) is 3.17. The van der Waals surface area contributed by atoms with E-state index >= 15 is 0 Å². The van der Waals surface area contributed by atoms with Crippen molar-refractivity contribution in [2.75, 3.05) is 0 Å². The maximum atomic E-state index is 11.0. The molecule has 0 saturated carbocycles. The molecule has 0 saturated heterocycles. The molecule has 3 rings (SSSR count). The van der Waals surface area contributed by atoms with Crippen LogP contribution in [-0.4, -0.2) is 19.7 Å². The number of furan rings is 1. The Morgan fingerprint density at radius 1 is 1.48 bits per heavy atom. The fourth-order valence-corrected chi connectivity index (χ4v) is 2.93. The van der Waals surface area contributed by atoms with Gasteiger partial charge in [0.1, 0.15) is 11.4 Å². The third-order valence-corrected chi connectivity index (χ3v) is 4.03. The minimum Gasteiger partial charge on any atom is -0.462 e. The summed E-state index contributed by atoms with van der Waals surface area (Å²) in [4.78, 5) is 15.1. The van der Waals surface area contributed by atoms with Crippen molar-refractivity contribution in [2.45, 2.75) is 20.4 Å². The summed E-state index contributed by atoms with van der Waals surface area (Å²) >= 11 is 1.47. The highest BCUT2D eigenvalue weighted by molar-refractivity contribution is 7.13. The summed E-state index contributed by atoms with van der Waals surface area (Å²) in [6.45, 7) is 3.73. The van der Waals surface area contributed by atoms with Crippen molar-refractivity contribution in [3.05, 3.63) is 51.0 Å². The Morgan fingerprint density at radius 3 is 2.90 bits per heavy atom. The van der Waals surface area contributed by atoms with Crippen LogP contribution in [0.3, 0.4) is 0 Å². The third kappa shape index (κ3) is 2.45. The molecular formula is C13H12N4O3S. The molecule has 21 heavy (non-hydrogen) atoms. The van der Waals surface area contributed by atoms with Gasteiger partial charge in [-0.3, -0.25) is 14.8 Å². The fourth-order valence-electron chi connectivity index (χ4n) is 2.15. The van der Waals surface area contributed by atoms with Crippen molar-refractivity contribution in [3.8, 4) is 10.8 Å². The smallest absolute Gasteiger partial charge is 0.312 e. The van der Waals surface area contributed by atoms with Gasteiger partial charge in [0.25, 0.3) is 0 Å². The highest BCUT2D eigenvalue weighted by atomic mass is 32.1. The second-order valence-corrected chi connectivity index (χ2v) is 5.41. The molecule has 3 heterocycles. The molecule has 0 spiro atoms. The van der Waals surface area contributed by atoms with Crippen molar-refractivity contribution in [1.29, 1.82) is 0 Å². The Labute approximate surface area is 124 Å². The maximum absolute atomic E-state index is 11.0. The van der Waals surface area contributed by atoms with Crippen molar-refractivity contribution in [1.82, 2.24) is 14.8 Å². The van der Waals surface area contributed by atoms with E-state index in [0.717, 1.165) is 10.7 Å². The van der Waals surface area contributed by atoms with Crippen molar-refractivity contribution >= 4 is 17.0 Å². The molecule has 0 aliphatic carbocycles. The van der Waals surface area contributed by atoms with E-state index in [9.17, 15) is 10.1 Å². The first-order valence-corrected chi connectivity index (χ1v) is 7.11. The van der Waals surface area contributed by atoms with Crippen molar-refractivity contribution in [3.63, 3.8) is 0 Å².